The lowest BCUT2D eigenvalue weighted by Crippen LogP contribution is -2.15. The number of rotatable bonds is 3. The molecule has 0 amide bonds. The summed E-state index contributed by atoms with van der Waals surface area (Å²) in [6, 6.07) is 7.23. The van der Waals surface area contributed by atoms with Crippen molar-refractivity contribution in [3.8, 4) is 5.75 Å². The Labute approximate surface area is 87.4 Å². The van der Waals surface area contributed by atoms with E-state index in [-0.39, 0.29) is 0 Å². The Morgan fingerprint density at radius 2 is 2.07 bits per heavy atom. The van der Waals surface area contributed by atoms with Crippen molar-refractivity contribution in [1.82, 2.24) is 0 Å². The lowest BCUT2D eigenvalue weighted by atomic mass is 9.97. The average Bonchev–Trinajstić information content (AvgIpc) is 2.93. The predicted molar refractivity (Wildman–Crippen MR) is 52.9 cm³/mol. The maximum atomic E-state index is 10.7. The van der Waals surface area contributed by atoms with E-state index in [1.54, 1.807) is 26.2 Å². The zero-order valence-electron chi connectivity index (χ0n) is 8.56. The molecule has 0 saturated carbocycles. The third kappa shape index (κ3) is 1.57. The van der Waals surface area contributed by atoms with Gasteiger partial charge in [0.25, 0.3) is 0 Å². The van der Waals surface area contributed by atoms with E-state index in [0.29, 0.717) is 0 Å². The molecule has 2 rings (SSSR count). The largest absolute Gasteiger partial charge is 0.497 e. The average molecular weight is 208 g/mol. The fourth-order valence-corrected chi connectivity index (χ4v) is 1.64. The van der Waals surface area contributed by atoms with E-state index in [4.69, 9.17) is 14.6 Å². The van der Waals surface area contributed by atoms with E-state index in [2.05, 4.69) is 0 Å². The molecule has 0 bridgehead atoms. The van der Waals surface area contributed by atoms with Crippen molar-refractivity contribution in [3.63, 3.8) is 0 Å². The number of carbonyl (C=O) groups is 1. The molecule has 80 valence electrons. The van der Waals surface area contributed by atoms with Gasteiger partial charge in [-0.1, -0.05) is 12.1 Å². The second-order valence-corrected chi connectivity index (χ2v) is 3.67. The molecular formula is C11H12O4. The number of epoxide rings is 1. The molecule has 4 nitrogen and oxygen atoms in total. The molecule has 1 heterocycles. The molecule has 0 spiro atoms. The summed E-state index contributed by atoms with van der Waals surface area (Å²) < 4.78 is 10.2. The van der Waals surface area contributed by atoms with Gasteiger partial charge in [0.15, 0.2) is 6.10 Å². The summed E-state index contributed by atoms with van der Waals surface area (Å²) >= 11 is 0. The smallest absolute Gasteiger partial charge is 0.336 e. The zero-order valence-corrected chi connectivity index (χ0v) is 8.56. The molecule has 1 N–H and O–H groups in total. The maximum Gasteiger partial charge on any atom is 0.336 e. The number of methoxy groups -OCH3 is 1. The lowest BCUT2D eigenvalue weighted by Gasteiger charge is -2.06. The van der Waals surface area contributed by atoms with Gasteiger partial charge >= 0.3 is 5.97 Å². The van der Waals surface area contributed by atoms with Crippen LogP contribution in [0, 0.1) is 0 Å². The highest BCUT2D eigenvalue weighted by molar-refractivity contribution is 5.77. The molecule has 1 aromatic rings. The van der Waals surface area contributed by atoms with E-state index in [0.717, 1.165) is 11.3 Å². The van der Waals surface area contributed by atoms with Gasteiger partial charge in [-0.25, -0.2) is 4.79 Å². The molecule has 0 aromatic heterocycles. The highest BCUT2D eigenvalue weighted by Crippen LogP contribution is 2.46. The minimum atomic E-state index is -0.923. The van der Waals surface area contributed by atoms with E-state index >= 15 is 0 Å². The summed E-state index contributed by atoms with van der Waals surface area (Å²) in [5.41, 5.74) is 0.175. The van der Waals surface area contributed by atoms with Crippen molar-refractivity contribution in [2.45, 2.75) is 18.6 Å². The highest BCUT2D eigenvalue weighted by atomic mass is 16.6. The lowest BCUT2D eigenvalue weighted by molar-refractivity contribution is -0.138. The van der Waals surface area contributed by atoms with Crippen LogP contribution >= 0.6 is 0 Å². The number of aliphatic carboxylic acids is 1. The van der Waals surface area contributed by atoms with Crippen molar-refractivity contribution in [2.24, 2.45) is 0 Å². The highest BCUT2D eigenvalue weighted by Gasteiger charge is 2.58. The molecule has 0 aliphatic carbocycles. The summed E-state index contributed by atoms with van der Waals surface area (Å²) in [7, 11) is 1.59. The van der Waals surface area contributed by atoms with Crippen LogP contribution in [0.5, 0.6) is 5.75 Å². The first-order chi connectivity index (χ1) is 7.08. The Balaban J connectivity index is 2.21. The molecule has 2 unspecified atom stereocenters. The summed E-state index contributed by atoms with van der Waals surface area (Å²) in [5, 5.41) is 8.80. The van der Waals surface area contributed by atoms with Crippen LogP contribution < -0.4 is 4.74 Å². The van der Waals surface area contributed by atoms with Gasteiger partial charge in [-0.2, -0.15) is 0 Å². The maximum absolute atomic E-state index is 10.7. The number of hydrogen-bond donors (Lipinski definition) is 1. The Kier molecular flexibility index (Phi) is 2.16. The second-order valence-electron chi connectivity index (χ2n) is 3.67. The van der Waals surface area contributed by atoms with Crippen molar-refractivity contribution in [1.29, 1.82) is 0 Å². The molecule has 0 radical (unpaired) electrons. The number of ether oxygens (including phenoxy) is 2. The molecule has 1 saturated heterocycles. The third-order valence-electron chi connectivity index (χ3n) is 2.69. The molecule has 1 aliphatic heterocycles. The number of hydrogen-bond acceptors (Lipinski definition) is 3. The van der Waals surface area contributed by atoms with Crippen LogP contribution in [0.4, 0.5) is 0 Å². The first kappa shape index (κ1) is 9.98. The minimum Gasteiger partial charge on any atom is -0.497 e. The van der Waals surface area contributed by atoms with E-state index < -0.39 is 17.7 Å². The number of carboxylic acid groups (broad SMARTS) is 1. The SMILES string of the molecule is COc1ccc(C2(C)OC2C(=O)O)cc1. The molecule has 1 aliphatic rings. The third-order valence-corrected chi connectivity index (χ3v) is 2.69. The summed E-state index contributed by atoms with van der Waals surface area (Å²) in [6.45, 7) is 1.77. The van der Waals surface area contributed by atoms with Gasteiger partial charge in [0.05, 0.1) is 7.11 Å². The van der Waals surface area contributed by atoms with Crippen LogP contribution in [0.25, 0.3) is 0 Å². The van der Waals surface area contributed by atoms with Crippen LogP contribution in [0.1, 0.15) is 12.5 Å². The Bertz CT molecular complexity index is 384. The summed E-state index contributed by atoms with van der Waals surface area (Å²) in [5.74, 6) is -0.178. The van der Waals surface area contributed by atoms with Crippen LogP contribution in [-0.2, 0) is 15.1 Å². The molecule has 4 heteroatoms. The van der Waals surface area contributed by atoms with Crippen LogP contribution in [0.3, 0.4) is 0 Å². The minimum absolute atomic E-state index is 0.682. The molecule has 1 aromatic carbocycles. The van der Waals surface area contributed by atoms with Gasteiger partial charge in [0, 0.05) is 0 Å². The van der Waals surface area contributed by atoms with Gasteiger partial charge < -0.3 is 14.6 Å². The summed E-state index contributed by atoms with van der Waals surface area (Å²) in [4.78, 5) is 10.7. The molecular weight excluding hydrogens is 196 g/mol. The van der Waals surface area contributed by atoms with Crippen molar-refractivity contribution in [3.05, 3.63) is 29.8 Å². The number of benzene rings is 1. The van der Waals surface area contributed by atoms with Crippen LogP contribution in [0.2, 0.25) is 0 Å². The van der Waals surface area contributed by atoms with Crippen molar-refractivity contribution < 1.29 is 19.4 Å². The van der Waals surface area contributed by atoms with Gasteiger partial charge in [0.1, 0.15) is 11.4 Å². The fourth-order valence-electron chi connectivity index (χ4n) is 1.64. The monoisotopic (exact) mass is 208 g/mol. The summed E-state index contributed by atoms with van der Waals surface area (Å²) in [6.07, 6.45) is -0.731. The van der Waals surface area contributed by atoms with Crippen LogP contribution in [0.15, 0.2) is 24.3 Å². The Morgan fingerprint density at radius 3 is 2.47 bits per heavy atom. The van der Waals surface area contributed by atoms with Gasteiger partial charge in [-0.3, -0.25) is 0 Å². The molecule has 2 atom stereocenters. The van der Waals surface area contributed by atoms with Crippen molar-refractivity contribution in [2.75, 3.05) is 7.11 Å². The van der Waals surface area contributed by atoms with Gasteiger partial charge in [-0.05, 0) is 24.6 Å². The fraction of sp³-hybridized carbons (Fsp3) is 0.364. The second kappa shape index (κ2) is 3.24. The number of carboxylic acids is 1. The van der Waals surface area contributed by atoms with Gasteiger partial charge in [0.2, 0.25) is 0 Å². The molecule has 1 fully saturated rings. The van der Waals surface area contributed by atoms with E-state index in [9.17, 15) is 4.79 Å². The predicted octanol–water partition coefficient (Wildman–Crippen LogP) is 1.39. The van der Waals surface area contributed by atoms with Gasteiger partial charge in [-0.15, -0.1) is 0 Å². The zero-order chi connectivity index (χ0) is 11.1. The quantitative estimate of drug-likeness (QED) is 0.762. The topological polar surface area (TPSA) is 59.1 Å². The first-order valence-electron chi connectivity index (χ1n) is 4.63. The standard InChI is InChI=1S/C11H12O4/c1-11(9(15-11)10(12)13)7-3-5-8(14-2)6-4-7/h3-6,9H,1-2H3,(H,12,13). The van der Waals surface area contributed by atoms with E-state index in [1.807, 2.05) is 12.1 Å². The normalized spacial score (nSPS) is 28.5. The van der Waals surface area contributed by atoms with E-state index in [1.165, 1.54) is 0 Å². The first-order valence-corrected chi connectivity index (χ1v) is 4.63. The van der Waals surface area contributed by atoms with Crippen molar-refractivity contribution >= 4 is 5.97 Å². The molecule has 15 heavy (non-hydrogen) atoms. The Hall–Kier alpha value is -1.55. The van der Waals surface area contributed by atoms with Crippen LogP contribution in [-0.4, -0.2) is 24.3 Å². The Morgan fingerprint density at radius 1 is 1.47 bits per heavy atom.